The molecule has 0 saturated carbocycles. The highest BCUT2D eigenvalue weighted by molar-refractivity contribution is 6.08. The Bertz CT molecular complexity index is 2450. The van der Waals surface area contributed by atoms with E-state index in [9.17, 15) is 19.2 Å². The molecule has 4 amide bonds. The highest BCUT2D eigenvalue weighted by Crippen LogP contribution is 2.35. The van der Waals surface area contributed by atoms with Crippen LogP contribution in [0.1, 0.15) is 58.4 Å². The van der Waals surface area contributed by atoms with Crippen LogP contribution in [0.3, 0.4) is 0 Å². The van der Waals surface area contributed by atoms with E-state index < -0.39 is 11.8 Å². The van der Waals surface area contributed by atoms with Crippen LogP contribution < -0.4 is 28.1 Å². The molecule has 0 atom stereocenters. The second-order valence-electron chi connectivity index (χ2n) is 12.0. The number of hydrogen-bond acceptors (Lipinski definition) is 10. The van der Waals surface area contributed by atoms with Crippen molar-refractivity contribution in [3.8, 4) is 22.3 Å². The van der Waals surface area contributed by atoms with Crippen molar-refractivity contribution in [2.45, 2.75) is 20.0 Å². The molecule has 4 aromatic carbocycles. The van der Waals surface area contributed by atoms with Crippen molar-refractivity contribution in [3.63, 3.8) is 0 Å². The van der Waals surface area contributed by atoms with Gasteiger partial charge in [0.1, 0.15) is 11.0 Å². The molecule has 14 nitrogen and oxygen atoms in total. The van der Waals surface area contributed by atoms with E-state index in [1.807, 2.05) is 67.6 Å². The standard InChI is InChI=1S/2C18H15N5O2/c1-8-2-4-12-14(19)16(17(20)24)23-22-15(12)13(8)9-3-5-11-10(6-9)7-21-18(11)25;1-23-9-12-7-10(5-6-14(12)18(23)25)13-4-2-3-11-8-15(17(24)20-19)21-22-16(11)13/h2-6H,7H2,1H3,(H2,19,22)(H2,20,24)(H,21,25);2-8H,9,19H2,1H3,(H,20,24). The molecule has 0 aliphatic carbocycles. The van der Waals surface area contributed by atoms with Crippen LogP contribution >= 0.6 is 0 Å². The molecule has 14 heteroatoms. The number of nitrogens with one attached hydrogen (secondary N) is 2. The van der Waals surface area contributed by atoms with Gasteiger partial charge in [0, 0.05) is 53.2 Å². The summed E-state index contributed by atoms with van der Waals surface area (Å²) in [7, 11) is 1.79. The first-order chi connectivity index (χ1) is 24.0. The molecule has 0 radical (unpaired) electrons. The third-order valence-corrected chi connectivity index (χ3v) is 8.87. The van der Waals surface area contributed by atoms with Crippen molar-refractivity contribution in [1.29, 1.82) is 0 Å². The number of rotatable bonds is 4. The van der Waals surface area contributed by atoms with Crippen LogP contribution in [0, 0.1) is 6.92 Å². The lowest BCUT2D eigenvalue weighted by atomic mass is 9.94. The molecule has 2 aliphatic rings. The van der Waals surface area contributed by atoms with Crippen LogP contribution in [0.2, 0.25) is 0 Å². The molecule has 50 heavy (non-hydrogen) atoms. The number of primary amides is 1. The largest absolute Gasteiger partial charge is 0.396 e. The van der Waals surface area contributed by atoms with Gasteiger partial charge in [0.05, 0.1) is 5.69 Å². The molecule has 0 unspecified atom stereocenters. The number of hydrazine groups is 1. The summed E-state index contributed by atoms with van der Waals surface area (Å²) >= 11 is 0. The van der Waals surface area contributed by atoms with Crippen molar-refractivity contribution in [2.24, 2.45) is 11.6 Å². The first kappa shape index (κ1) is 31.8. The summed E-state index contributed by atoms with van der Waals surface area (Å²) in [5.74, 6) is 3.92. The normalized spacial score (nSPS) is 13.1. The quantitative estimate of drug-likeness (QED) is 0.105. The maximum atomic E-state index is 12.0. The second-order valence-corrected chi connectivity index (χ2v) is 12.0. The Morgan fingerprint density at radius 2 is 1.58 bits per heavy atom. The average molecular weight is 667 g/mol. The summed E-state index contributed by atoms with van der Waals surface area (Å²) in [4.78, 5) is 48.5. The molecule has 8 rings (SSSR count). The first-order valence-electron chi connectivity index (χ1n) is 15.5. The predicted octanol–water partition coefficient (Wildman–Crippen LogP) is 3.02. The summed E-state index contributed by atoms with van der Waals surface area (Å²) in [5.41, 5.74) is 23.0. The maximum absolute atomic E-state index is 12.0. The zero-order chi connectivity index (χ0) is 35.3. The number of nitrogens with zero attached hydrogens (tertiary/aromatic N) is 5. The fourth-order valence-corrected chi connectivity index (χ4v) is 6.35. The number of benzene rings is 4. The highest BCUT2D eigenvalue weighted by atomic mass is 16.2. The third kappa shape index (κ3) is 5.38. The minimum Gasteiger partial charge on any atom is -0.396 e. The zero-order valence-corrected chi connectivity index (χ0v) is 26.9. The Hall–Kier alpha value is -6.80. The number of carbonyl (C=O) groups is 4. The van der Waals surface area contributed by atoms with Crippen molar-refractivity contribution in [3.05, 3.63) is 112 Å². The van der Waals surface area contributed by atoms with Crippen molar-refractivity contribution < 1.29 is 19.2 Å². The molecule has 4 heterocycles. The number of aryl methyl sites for hydroxylation is 1. The summed E-state index contributed by atoms with van der Waals surface area (Å²) in [5, 5.41) is 20.5. The average Bonchev–Trinajstić information content (AvgIpc) is 3.63. The van der Waals surface area contributed by atoms with Gasteiger partial charge in [-0.05, 0) is 65.1 Å². The van der Waals surface area contributed by atoms with Crippen molar-refractivity contribution in [2.75, 3.05) is 12.8 Å². The van der Waals surface area contributed by atoms with E-state index in [-0.39, 0.29) is 28.9 Å². The van der Waals surface area contributed by atoms with Gasteiger partial charge in [-0.25, -0.2) is 5.84 Å². The molecule has 0 spiro atoms. The Morgan fingerprint density at radius 1 is 0.840 bits per heavy atom. The van der Waals surface area contributed by atoms with Crippen LogP contribution in [-0.2, 0) is 13.1 Å². The molecule has 6 aromatic rings. The first-order valence-corrected chi connectivity index (χ1v) is 15.5. The Morgan fingerprint density at radius 3 is 2.36 bits per heavy atom. The second kappa shape index (κ2) is 12.3. The van der Waals surface area contributed by atoms with Gasteiger partial charge < -0.3 is 21.7 Å². The lowest BCUT2D eigenvalue weighted by molar-refractivity contribution is 0.0815. The van der Waals surface area contributed by atoms with Crippen molar-refractivity contribution in [1.82, 2.24) is 36.0 Å². The van der Waals surface area contributed by atoms with Crippen molar-refractivity contribution >= 4 is 51.1 Å². The molecule has 8 N–H and O–H groups in total. The van der Waals surface area contributed by atoms with Crippen LogP contribution in [0.25, 0.3) is 44.1 Å². The molecule has 0 fully saturated rings. The molecule has 2 aromatic heterocycles. The van der Waals surface area contributed by atoms with E-state index in [4.69, 9.17) is 17.3 Å². The number of hydrogen-bond donors (Lipinski definition) is 5. The maximum Gasteiger partial charge on any atom is 0.285 e. The van der Waals surface area contributed by atoms with Gasteiger partial charge >= 0.3 is 0 Å². The van der Waals surface area contributed by atoms with E-state index in [0.29, 0.717) is 35.1 Å². The molecular formula is C36H30N10O4. The van der Waals surface area contributed by atoms with E-state index in [1.165, 1.54) is 0 Å². The number of nitrogens with two attached hydrogens (primary N) is 3. The number of fused-ring (bicyclic) bond motifs is 4. The fraction of sp³-hybridized carbons (Fsp3) is 0.111. The van der Waals surface area contributed by atoms with Gasteiger partial charge in [0.15, 0.2) is 11.4 Å². The SMILES string of the molecule is CN1Cc2cc(-c3cccc4cc(C(=O)NN)nnc34)ccc2C1=O.Cc1ccc2c(N)c(C(N)=O)nnc2c1-c1ccc2c(c1)CNC2=O. The zero-order valence-electron chi connectivity index (χ0n) is 26.9. The van der Waals surface area contributed by atoms with Gasteiger partial charge in [-0.2, -0.15) is 0 Å². The van der Waals surface area contributed by atoms with E-state index in [1.54, 1.807) is 24.1 Å². The molecular weight excluding hydrogens is 636 g/mol. The monoisotopic (exact) mass is 666 g/mol. The summed E-state index contributed by atoms with van der Waals surface area (Å²) in [6.07, 6.45) is 0. The summed E-state index contributed by atoms with van der Waals surface area (Å²) < 4.78 is 0. The molecule has 2 aliphatic heterocycles. The Balaban J connectivity index is 0.000000157. The Kier molecular flexibility index (Phi) is 7.84. The minimum absolute atomic E-state index is 0.0361. The van der Waals surface area contributed by atoms with Crippen LogP contribution in [-0.4, -0.2) is 56.0 Å². The van der Waals surface area contributed by atoms with Crippen LogP contribution in [0.5, 0.6) is 0 Å². The number of aromatic nitrogens is 4. The molecule has 0 bridgehead atoms. The van der Waals surface area contributed by atoms with E-state index >= 15 is 0 Å². The Labute approximate surface area is 284 Å². The number of carbonyl (C=O) groups excluding carboxylic acids is 4. The van der Waals surface area contributed by atoms with E-state index in [0.717, 1.165) is 49.9 Å². The predicted molar refractivity (Wildman–Crippen MR) is 186 cm³/mol. The van der Waals surface area contributed by atoms with Crippen LogP contribution in [0.4, 0.5) is 5.69 Å². The van der Waals surface area contributed by atoms with Crippen LogP contribution in [0.15, 0.2) is 72.8 Å². The van der Waals surface area contributed by atoms with Gasteiger partial charge in [-0.3, -0.25) is 24.6 Å². The smallest absolute Gasteiger partial charge is 0.285 e. The minimum atomic E-state index is -0.712. The summed E-state index contributed by atoms with van der Waals surface area (Å²) in [6, 6.07) is 22.5. The van der Waals surface area contributed by atoms with Gasteiger partial charge in [-0.15, -0.1) is 20.4 Å². The topological polar surface area (TPSA) is 225 Å². The number of nitrogen functional groups attached to an aromatic ring is 2. The number of anilines is 1. The number of amides is 4. The third-order valence-electron chi connectivity index (χ3n) is 8.87. The molecule has 248 valence electrons. The van der Waals surface area contributed by atoms with E-state index in [2.05, 4.69) is 31.1 Å². The lowest BCUT2D eigenvalue weighted by Crippen LogP contribution is -2.30. The van der Waals surface area contributed by atoms with Gasteiger partial charge in [-0.1, -0.05) is 42.5 Å². The highest BCUT2D eigenvalue weighted by Gasteiger charge is 2.25. The molecule has 0 saturated heterocycles. The summed E-state index contributed by atoms with van der Waals surface area (Å²) in [6.45, 7) is 3.07. The fourth-order valence-electron chi connectivity index (χ4n) is 6.35. The van der Waals surface area contributed by atoms with Gasteiger partial charge in [0.2, 0.25) is 0 Å². The lowest BCUT2D eigenvalue weighted by Gasteiger charge is -2.12. The van der Waals surface area contributed by atoms with Gasteiger partial charge in [0.25, 0.3) is 23.6 Å².